The molecule has 132 valence electrons. The number of methoxy groups -OCH3 is 1. The van der Waals surface area contributed by atoms with E-state index in [1.807, 2.05) is 24.3 Å². The number of ether oxygens (including phenoxy) is 1. The fourth-order valence-electron chi connectivity index (χ4n) is 2.25. The highest BCUT2D eigenvalue weighted by Crippen LogP contribution is 2.26. The minimum absolute atomic E-state index is 0.261. The standard InChI is InChI=1S/C19H15Cl2N3O2/c1-26-15-4-2-3-13(10-15)23-14-6-8-17(22-11-14)19(25)24-18-9-12(20)5-7-16(18)21/h2-11,23H,1H3,(H,24,25). The summed E-state index contributed by atoms with van der Waals surface area (Å²) >= 11 is 12.0. The lowest BCUT2D eigenvalue weighted by Gasteiger charge is -2.09. The van der Waals surface area contributed by atoms with Crippen molar-refractivity contribution >= 4 is 46.2 Å². The minimum atomic E-state index is -0.373. The molecule has 0 aliphatic rings. The Bertz CT molecular complexity index is 930. The summed E-state index contributed by atoms with van der Waals surface area (Å²) in [5.41, 5.74) is 2.30. The summed E-state index contributed by atoms with van der Waals surface area (Å²) in [5, 5.41) is 6.78. The van der Waals surface area contributed by atoms with E-state index in [1.165, 1.54) is 0 Å². The molecule has 0 spiro atoms. The fourth-order valence-corrected chi connectivity index (χ4v) is 2.59. The molecule has 0 saturated carbocycles. The first-order valence-electron chi connectivity index (χ1n) is 7.69. The number of aromatic nitrogens is 1. The zero-order valence-electron chi connectivity index (χ0n) is 13.8. The Kier molecular flexibility index (Phi) is 5.61. The van der Waals surface area contributed by atoms with Crippen LogP contribution < -0.4 is 15.4 Å². The van der Waals surface area contributed by atoms with Crippen molar-refractivity contribution in [2.75, 3.05) is 17.7 Å². The number of anilines is 3. The number of carbonyl (C=O) groups is 1. The second-order valence-electron chi connectivity index (χ2n) is 5.37. The molecule has 2 aromatic carbocycles. The summed E-state index contributed by atoms with van der Waals surface area (Å²) in [5.74, 6) is 0.374. The van der Waals surface area contributed by atoms with Crippen LogP contribution >= 0.6 is 23.2 Å². The first-order valence-corrected chi connectivity index (χ1v) is 8.44. The van der Waals surface area contributed by atoms with Gasteiger partial charge in [-0.05, 0) is 42.5 Å². The molecule has 5 nitrogen and oxygen atoms in total. The second kappa shape index (κ2) is 8.08. The molecule has 7 heteroatoms. The molecular weight excluding hydrogens is 373 g/mol. The third-order valence-corrected chi connectivity index (χ3v) is 4.10. The molecule has 0 fully saturated rings. The van der Waals surface area contributed by atoms with Gasteiger partial charge < -0.3 is 15.4 Å². The number of carbonyl (C=O) groups excluding carboxylic acids is 1. The highest BCUT2D eigenvalue weighted by atomic mass is 35.5. The van der Waals surface area contributed by atoms with E-state index in [2.05, 4.69) is 15.6 Å². The Morgan fingerprint density at radius 1 is 1.04 bits per heavy atom. The number of nitrogens with zero attached hydrogens (tertiary/aromatic N) is 1. The summed E-state index contributed by atoms with van der Waals surface area (Å²) in [6, 6.07) is 15.7. The summed E-state index contributed by atoms with van der Waals surface area (Å²) in [6.07, 6.45) is 1.58. The topological polar surface area (TPSA) is 63.2 Å². The second-order valence-corrected chi connectivity index (χ2v) is 6.21. The molecular formula is C19H15Cl2N3O2. The molecule has 3 rings (SSSR count). The molecule has 2 N–H and O–H groups in total. The number of amides is 1. The smallest absolute Gasteiger partial charge is 0.274 e. The van der Waals surface area contributed by atoms with E-state index in [0.29, 0.717) is 15.7 Å². The van der Waals surface area contributed by atoms with Crippen LogP contribution in [0.2, 0.25) is 10.0 Å². The first-order chi connectivity index (χ1) is 12.5. The predicted molar refractivity (Wildman–Crippen MR) is 105 cm³/mol. The van der Waals surface area contributed by atoms with Gasteiger partial charge in [-0.1, -0.05) is 29.3 Å². The van der Waals surface area contributed by atoms with E-state index in [0.717, 1.165) is 17.1 Å². The zero-order chi connectivity index (χ0) is 18.5. The largest absolute Gasteiger partial charge is 0.497 e. The Balaban J connectivity index is 1.70. The van der Waals surface area contributed by atoms with Gasteiger partial charge in [0.25, 0.3) is 5.91 Å². The van der Waals surface area contributed by atoms with Crippen molar-refractivity contribution in [2.24, 2.45) is 0 Å². The van der Waals surface area contributed by atoms with Gasteiger partial charge in [-0.15, -0.1) is 0 Å². The average molecular weight is 388 g/mol. The Morgan fingerprint density at radius 3 is 2.62 bits per heavy atom. The molecule has 1 heterocycles. The van der Waals surface area contributed by atoms with Crippen LogP contribution in [-0.4, -0.2) is 18.0 Å². The van der Waals surface area contributed by atoms with Crippen molar-refractivity contribution in [3.05, 3.63) is 76.5 Å². The third-order valence-electron chi connectivity index (χ3n) is 3.53. The molecule has 1 amide bonds. The highest BCUT2D eigenvalue weighted by Gasteiger charge is 2.10. The van der Waals surface area contributed by atoms with E-state index >= 15 is 0 Å². The fraction of sp³-hybridized carbons (Fsp3) is 0.0526. The Hall–Kier alpha value is -2.76. The van der Waals surface area contributed by atoms with Gasteiger partial charge in [0.1, 0.15) is 11.4 Å². The molecule has 0 bridgehead atoms. The van der Waals surface area contributed by atoms with Gasteiger partial charge in [-0.2, -0.15) is 0 Å². The van der Waals surface area contributed by atoms with E-state index in [4.69, 9.17) is 27.9 Å². The maximum absolute atomic E-state index is 12.3. The number of rotatable bonds is 5. The van der Waals surface area contributed by atoms with Crippen LogP contribution in [0.1, 0.15) is 10.5 Å². The number of pyridine rings is 1. The average Bonchev–Trinajstić information content (AvgIpc) is 2.65. The van der Waals surface area contributed by atoms with Crippen molar-refractivity contribution in [1.29, 1.82) is 0 Å². The minimum Gasteiger partial charge on any atom is -0.497 e. The summed E-state index contributed by atoms with van der Waals surface area (Å²) < 4.78 is 5.19. The van der Waals surface area contributed by atoms with Crippen LogP contribution in [0.5, 0.6) is 5.75 Å². The number of halogens is 2. The lowest BCUT2D eigenvalue weighted by Crippen LogP contribution is -2.14. The van der Waals surface area contributed by atoms with Crippen LogP contribution in [0.3, 0.4) is 0 Å². The van der Waals surface area contributed by atoms with Crippen LogP contribution in [0.25, 0.3) is 0 Å². The third kappa shape index (κ3) is 4.45. The Morgan fingerprint density at radius 2 is 1.88 bits per heavy atom. The molecule has 1 aromatic heterocycles. The van der Waals surface area contributed by atoms with Gasteiger partial charge in [-0.25, -0.2) is 4.98 Å². The molecule has 0 radical (unpaired) electrons. The van der Waals surface area contributed by atoms with Crippen LogP contribution in [0.15, 0.2) is 60.8 Å². The van der Waals surface area contributed by atoms with Crippen LogP contribution in [-0.2, 0) is 0 Å². The van der Waals surface area contributed by atoms with Crippen molar-refractivity contribution in [2.45, 2.75) is 0 Å². The van der Waals surface area contributed by atoms with E-state index in [1.54, 1.807) is 43.6 Å². The highest BCUT2D eigenvalue weighted by molar-refractivity contribution is 6.35. The quantitative estimate of drug-likeness (QED) is 0.615. The van der Waals surface area contributed by atoms with Crippen molar-refractivity contribution < 1.29 is 9.53 Å². The normalized spacial score (nSPS) is 10.3. The molecule has 0 saturated heterocycles. The van der Waals surface area contributed by atoms with Crippen molar-refractivity contribution in [1.82, 2.24) is 4.98 Å². The lowest BCUT2D eigenvalue weighted by atomic mass is 10.2. The van der Waals surface area contributed by atoms with E-state index < -0.39 is 0 Å². The monoisotopic (exact) mass is 387 g/mol. The molecule has 3 aromatic rings. The van der Waals surface area contributed by atoms with Gasteiger partial charge in [0.2, 0.25) is 0 Å². The number of benzene rings is 2. The zero-order valence-corrected chi connectivity index (χ0v) is 15.3. The van der Waals surface area contributed by atoms with Gasteiger partial charge in [0.05, 0.1) is 29.7 Å². The molecule has 0 aliphatic carbocycles. The van der Waals surface area contributed by atoms with Gasteiger partial charge >= 0.3 is 0 Å². The number of hydrogen-bond donors (Lipinski definition) is 2. The Labute approximate surface area is 160 Å². The number of nitrogens with one attached hydrogen (secondary N) is 2. The van der Waals surface area contributed by atoms with Crippen LogP contribution in [0.4, 0.5) is 17.1 Å². The van der Waals surface area contributed by atoms with Gasteiger partial charge in [0.15, 0.2) is 0 Å². The lowest BCUT2D eigenvalue weighted by molar-refractivity contribution is 0.102. The van der Waals surface area contributed by atoms with Crippen molar-refractivity contribution in [3.8, 4) is 5.75 Å². The van der Waals surface area contributed by atoms with E-state index in [-0.39, 0.29) is 11.6 Å². The maximum Gasteiger partial charge on any atom is 0.274 e. The van der Waals surface area contributed by atoms with E-state index in [9.17, 15) is 4.79 Å². The molecule has 0 unspecified atom stereocenters. The SMILES string of the molecule is COc1cccc(Nc2ccc(C(=O)Nc3cc(Cl)ccc3Cl)nc2)c1. The first kappa shape index (κ1) is 18.0. The van der Waals surface area contributed by atoms with Gasteiger partial charge in [0, 0.05) is 16.8 Å². The summed E-state index contributed by atoms with van der Waals surface area (Å²) in [7, 11) is 1.61. The maximum atomic E-state index is 12.3. The van der Waals surface area contributed by atoms with Crippen LogP contribution in [0, 0.1) is 0 Å². The predicted octanol–water partition coefficient (Wildman–Crippen LogP) is 5.39. The molecule has 26 heavy (non-hydrogen) atoms. The summed E-state index contributed by atoms with van der Waals surface area (Å²) in [4.78, 5) is 16.5. The van der Waals surface area contributed by atoms with Crippen molar-refractivity contribution in [3.63, 3.8) is 0 Å². The summed E-state index contributed by atoms with van der Waals surface area (Å²) in [6.45, 7) is 0. The molecule has 0 aliphatic heterocycles. The van der Waals surface area contributed by atoms with Gasteiger partial charge in [-0.3, -0.25) is 4.79 Å². The number of hydrogen-bond acceptors (Lipinski definition) is 4. The molecule has 0 atom stereocenters.